The Bertz CT molecular complexity index is 1120. The summed E-state index contributed by atoms with van der Waals surface area (Å²) in [7, 11) is 0. The Kier molecular flexibility index (Phi) is 8.19. The van der Waals surface area contributed by atoms with Crippen LogP contribution in [0.4, 0.5) is 4.79 Å². The van der Waals surface area contributed by atoms with Gasteiger partial charge in [0.2, 0.25) is 0 Å². The molecule has 3 rings (SSSR count). The zero-order chi connectivity index (χ0) is 23.5. The zero-order valence-electron chi connectivity index (χ0n) is 16.8. The monoisotopic (exact) mass is 688 g/mol. The molecule has 0 amide bonds. The van der Waals surface area contributed by atoms with Crippen LogP contribution in [0.5, 0.6) is 17.2 Å². The summed E-state index contributed by atoms with van der Waals surface area (Å²) in [6.07, 6.45) is -0.844. The molecule has 166 valence electrons. The maximum atomic E-state index is 12.2. The zero-order valence-corrected chi connectivity index (χ0v) is 23.2. The molecule has 0 unspecified atom stereocenters. The molecule has 0 aliphatic heterocycles. The van der Waals surface area contributed by atoms with E-state index in [4.69, 9.17) is 14.2 Å². The minimum Gasteiger partial charge on any atom is -0.426 e. The molecule has 5 nitrogen and oxygen atoms in total. The van der Waals surface area contributed by atoms with E-state index in [0.717, 1.165) is 11.1 Å². The Morgan fingerprint density at radius 3 is 1.72 bits per heavy atom. The number of carbonyl (C=O) groups excluding carboxylic acids is 2. The largest absolute Gasteiger partial charge is 0.519 e. The molecule has 3 aromatic carbocycles. The first kappa shape index (κ1) is 25.0. The van der Waals surface area contributed by atoms with Crippen LogP contribution in [0.15, 0.2) is 72.5 Å². The molecule has 0 N–H and O–H groups in total. The van der Waals surface area contributed by atoms with Crippen LogP contribution in [-0.4, -0.2) is 12.6 Å². The van der Waals surface area contributed by atoms with E-state index >= 15 is 0 Å². The van der Waals surface area contributed by atoms with Crippen LogP contribution < -0.4 is 14.2 Å². The van der Waals surface area contributed by atoms with E-state index in [9.17, 15) is 9.59 Å². The third kappa shape index (κ3) is 5.62. The third-order valence-electron chi connectivity index (χ3n) is 4.74. The topological polar surface area (TPSA) is 61.8 Å². The van der Waals surface area contributed by atoms with Gasteiger partial charge in [0.05, 0.1) is 17.9 Å². The number of benzene rings is 3. The van der Waals surface area contributed by atoms with Gasteiger partial charge in [0.25, 0.3) is 6.47 Å². The number of hydrogen-bond donors (Lipinski definition) is 0. The summed E-state index contributed by atoms with van der Waals surface area (Å²) in [5.74, 6) is 1.10. The predicted molar refractivity (Wildman–Crippen MR) is 136 cm³/mol. The molecule has 0 fully saturated rings. The lowest BCUT2D eigenvalue weighted by molar-refractivity contribution is -0.120. The minimum atomic E-state index is -0.844. The molecule has 0 aliphatic carbocycles. The predicted octanol–water partition coefficient (Wildman–Crippen LogP) is 8.18. The fraction of sp³-hybridized carbons (Fsp3) is 0.130. The summed E-state index contributed by atoms with van der Waals surface area (Å²) in [6.45, 7) is 4.49. The van der Waals surface area contributed by atoms with Crippen molar-refractivity contribution in [1.82, 2.24) is 0 Å². The first-order valence-corrected chi connectivity index (χ1v) is 12.3. The maximum absolute atomic E-state index is 12.2. The van der Waals surface area contributed by atoms with Gasteiger partial charge < -0.3 is 14.2 Å². The van der Waals surface area contributed by atoms with Crippen molar-refractivity contribution in [2.75, 3.05) is 0 Å². The second kappa shape index (κ2) is 10.5. The highest BCUT2D eigenvalue weighted by atomic mass is 79.9. The molecule has 32 heavy (non-hydrogen) atoms. The lowest BCUT2D eigenvalue weighted by atomic mass is 9.78. The second-order valence-corrected chi connectivity index (χ2v) is 10.6. The highest BCUT2D eigenvalue weighted by molar-refractivity contribution is 9.11. The van der Waals surface area contributed by atoms with Crippen molar-refractivity contribution in [3.63, 3.8) is 0 Å². The first-order valence-electron chi connectivity index (χ1n) is 9.17. The van der Waals surface area contributed by atoms with Gasteiger partial charge in [0, 0.05) is 5.41 Å². The number of ether oxygens (including phenoxy) is 3. The van der Waals surface area contributed by atoms with E-state index < -0.39 is 11.6 Å². The molecule has 9 heteroatoms. The van der Waals surface area contributed by atoms with E-state index in [1.807, 2.05) is 30.3 Å². The van der Waals surface area contributed by atoms with Crippen LogP contribution in [0.3, 0.4) is 0 Å². The Morgan fingerprint density at radius 2 is 1.25 bits per heavy atom. The molecule has 0 aromatic heterocycles. The van der Waals surface area contributed by atoms with Gasteiger partial charge in [-0.05, 0) is 111 Å². The van der Waals surface area contributed by atoms with Crippen molar-refractivity contribution in [2.24, 2.45) is 0 Å². The summed E-state index contributed by atoms with van der Waals surface area (Å²) in [5, 5.41) is 0. The molecule has 0 aliphatic rings. The number of carbonyl (C=O) groups is 2. The van der Waals surface area contributed by atoms with Crippen molar-refractivity contribution in [3.05, 3.63) is 83.6 Å². The van der Waals surface area contributed by atoms with Crippen LogP contribution >= 0.6 is 63.7 Å². The van der Waals surface area contributed by atoms with Crippen molar-refractivity contribution in [1.29, 1.82) is 0 Å². The van der Waals surface area contributed by atoms with Crippen molar-refractivity contribution in [2.45, 2.75) is 19.3 Å². The molecular formula is C23H16Br4O5. The average Bonchev–Trinajstić information content (AvgIpc) is 2.73. The van der Waals surface area contributed by atoms with Crippen molar-refractivity contribution in [3.8, 4) is 17.2 Å². The van der Waals surface area contributed by atoms with E-state index in [1.165, 1.54) is 0 Å². The standard InChI is InChI=1S/C23H16Br4O5/c1-23(2,13-8-16(24)20(30-12-28)17(25)9-13)14-10-18(26)21(19(27)11-14)32-22(29)31-15-6-4-3-5-7-15/h3-12H,1-2H3. The SMILES string of the molecule is CC(C)(c1cc(Br)c(OC=O)c(Br)c1)c1cc(Br)c(OC(=O)Oc2ccccc2)c(Br)c1. The fourth-order valence-corrected chi connectivity index (χ4v) is 5.68. The summed E-state index contributed by atoms with van der Waals surface area (Å²) < 4.78 is 18.1. The number of hydrogen-bond acceptors (Lipinski definition) is 5. The molecule has 3 aromatic rings. The Balaban J connectivity index is 1.89. The molecule has 0 radical (unpaired) electrons. The summed E-state index contributed by atoms with van der Waals surface area (Å²) in [4.78, 5) is 23.0. The Hall–Kier alpha value is -1.68. The van der Waals surface area contributed by atoms with Gasteiger partial charge >= 0.3 is 6.16 Å². The summed E-state index contributed by atoms with van der Waals surface area (Å²) in [6, 6.07) is 16.2. The van der Waals surface area contributed by atoms with Gasteiger partial charge in [-0.3, -0.25) is 4.79 Å². The first-order chi connectivity index (χ1) is 15.1. The highest BCUT2D eigenvalue weighted by Gasteiger charge is 2.28. The van der Waals surface area contributed by atoms with Gasteiger partial charge in [-0.25, -0.2) is 4.79 Å². The Labute approximate surface area is 219 Å². The molecule has 0 bridgehead atoms. The van der Waals surface area contributed by atoms with Crippen molar-refractivity contribution < 1.29 is 23.8 Å². The van der Waals surface area contributed by atoms with Crippen LogP contribution in [0.25, 0.3) is 0 Å². The van der Waals surface area contributed by atoms with Gasteiger partial charge in [-0.2, -0.15) is 0 Å². The maximum Gasteiger partial charge on any atom is 0.519 e. The minimum absolute atomic E-state index is 0.308. The quantitative estimate of drug-likeness (QED) is 0.148. The molecule has 0 heterocycles. The average molecular weight is 692 g/mol. The van der Waals surface area contributed by atoms with Crippen LogP contribution in [0.1, 0.15) is 25.0 Å². The smallest absolute Gasteiger partial charge is 0.426 e. The van der Waals surface area contributed by atoms with Gasteiger partial charge in [-0.1, -0.05) is 32.0 Å². The van der Waals surface area contributed by atoms with E-state index in [0.29, 0.717) is 41.6 Å². The number of para-hydroxylation sites is 1. The van der Waals surface area contributed by atoms with Crippen LogP contribution in [-0.2, 0) is 10.2 Å². The van der Waals surface area contributed by atoms with E-state index in [-0.39, 0.29) is 0 Å². The van der Waals surface area contributed by atoms with Crippen LogP contribution in [0, 0.1) is 0 Å². The van der Waals surface area contributed by atoms with Gasteiger partial charge in [0.15, 0.2) is 11.5 Å². The van der Waals surface area contributed by atoms with Gasteiger partial charge in [0.1, 0.15) is 5.75 Å². The second-order valence-electron chi connectivity index (χ2n) is 7.14. The lowest BCUT2D eigenvalue weighted by Crippen LogP contribution is -2.20. The van der Waals surface area contributed by atoms with Gasteiger partial charge in [-0.15, -0.1) is 0 Å². The van der Waals surface area contributed by atoms with E-state index in [2.05, 4.69) is 77.6 Å². The van der Waals surface area contributed by atoms with Crippen molar-refractivity contribution >= 4 is 76.3 Å². The molecule has 0 saturated heterocycles. The molecular weight excluding hydrogens is 676 g/mol. The molecule has 0 saturated carbocycles. The third-order valence-corrected chi connectivity index (χ3v) is 7.09. The summed E-state index contributed by atoms with van der Waals surface area (Å²) in [5.41, 5.74) is 1.46. The summed E-state index contributed by atoms with van der Waals surface area (Å²) >= 11 is 13.9. The van der Waals surface area contributed by atoms with Crippen LogP contribution in [0.2, 0.25) is 0 Å². The highest BCUT2D eigenvalue weighted by Crippen LogP contribution is 2.44. The molecule has 0 atom stereocenters. The Morgan fingerprint density at radius 1 is 0.781 bits per heavy atom. The number of halogens is 4. The van der Waals surface area contributed by atoms with E-state index in [1.54, 1.807) is 24.3 Å². The normalized spacial score (nSPS) is 11.1. The number of rotatable bonds is 6. The molecule has 0 spiro atoms. The lowest BCUT2D eigenvalue weighted by Gasteiger charge is -2.28. The fourth-order valence-electron chi connectivity index (χ4n) is 2.96.